The van der Waals surface area contributed by atoms with E-state index in [-0.39, 0.29) is 24.0 Å². The van der Waals surface area contributed by atoms with Crippen LogP contribution in [0.25, 0.3) is 11.5 Å². The van der Waals surface area contributed by atoms with E-state index in [1.54, 1.807) is 6.92 Å². The summed E-state index contributed by atoms with van der Waals surface area (Å²) in [7, 11) is -1.40. The molecule has 2 rings (SSSR count). The number of aromatic nitrogens is 1. The first-order valence-corrected chi connectivity index (χ1v) is 10.8. The minimum atomic E-state index is -1.40. The SMILES string of the molecule is CCOC(CNC(=O)C[S@@](=O)Cc1nc(-c2ccc(C)cc2)oc1C)OCC. The molecule has 0 spiro atoms. The number of ether oxygens (including phenoxy) is 2. The van der Waals surface area contributed by atoms with Crippen molar-refractivity contribution in [3.8, 4) is 11.5 Å². The van der Waals surface area contributed by atoms with Gasteiger partial charge < -0.3 is 19.2 Å². The van der Waals surface area contributed by atoms with Crippen LogP contribution in [0.5, 0.6) is 0 Å². The van der Waals surface area contributed by atoms with Gasteiger partial charge in [0.1, 0.15) is 11.5 Å². The molecule has 0 radical (unpaired) electrons. The molecule has 0 bridgehead atoms. The molecule has 0 unspecified atom stereocenters. The van der Waals surface area contributed by atoms with Gasteiger partial charge in [0.15, 0.2) is 6.29 Å². The molecule has 0 saturated heterocycles. The third kappa shape index (κ3) is 6.85. The van der Waals surface area contributed by atoms with E-state index in [0.717, 1.165) is 11.1 Å². The van der Waals surface area contributed by atoms with E-state index >= 15 is 0 Å². The van der Waals surface area contributed by atoms with Crippen LogP contribution in [0.1, 0.15) is 30.9 Å². The number of hydrogen-bond acceptors (Lipinski definition) is 6. The van der Waals surface area contributed by atoms with Crippen molar-refractivity contribution >= 4 is 16.7 Å². The van der Waals surface area contributed by atoms with Crippen LogP contribution in [0.3, 0.4) is 0 Å². The Labute approximate surface area is 168 Å². The van der Waals surface area contributed by atoms with Gasteiger partial charge in [-0.2, -0.15) is 0 Å². The molecular formula is C20H28N2O5S. The maximum Gasteiger partial charge on any atom is 0.232 e. The van der Waals surface area contributed by atoms with Crippen molar-refractivity contribution in [2.75, 3.05) is 25.5 Å². The topological polar surface area (TPSA) is 90.7 Å². The zero-order valence-electron chi connectivity index (χ0n) is 16.8. The lowest BCUT2D eigenvalue weighted by atomic mass is 10.1. The number of oxazole rings is 1. The summed E-state index contributed by atoms with van der Waals surface area (Å²) in [6.07, 6.45) is -0.498. The Kier molecular flexibility index (Phi) is 8.82. The minimum Gasteiger partial charge on any atom is -0.441 e. The standard InChI is InChI=1S/C20H28N2O5S/c1-5-25-19(26-6-2)11-21-18(23)13-28(24)12-17-15(4)27-20(22-17)16-9-7-14(3)8-10-16/h7-10,19H,5-6,11-13H2,1-4H3,(H,21,23)/t28-/m0/s1. The molecule has 8 heteroatoms. The van der Waals surface area contributed by atoms with E-state index in [9.17, 15) is 9.00 Å². The van der Waals surface area contributed by atoms with Gasteiger partial charge in [-0.3, -0.25) is 9.00 Å². The number of rotatable bonds is 11. The minimum absolute atomic E-state index is 0.114. The summed E-state index contributed by atoms with van der Waals surface area (Å²) in [5.41, 5.74) is 2.61. The van der Waals surface area contributed by atoms with Gasteiger partial charge in [-0.15, -0.1) is 0 Å². The summed E-state index contributed by atoms with van der Waals surface area (Å²) < 4.78 is 28.8. The Hall–Kier alpha value is -2.03. The van der Waals surface area contributed by atoms with E-state index in [1.807, 2.05) is 45.0 Å². The fourth-order valence-corrected chi connectivity index (χ4v) is 3.59. The highest BCUT2D eigenvalue weighted by Crippen LogP contribution is 2.22. The van der Waals surface area contributed by atoms with Gasteiger partial charge in [0.25, 0.3) is 0 Å². The van der Waals surface area contributed by atoms with Crippen molar-refractivity contribution in [1.29, 1.82) is 0 Å². The van der Waals surface area contributed by atoms with Gasteiger partial charge in [-0.1, -0.05) is 17.7 Å². The predicted octanol–water partition coefficient (Wildman–Crippen LogP) is 2.72. The van der Waals surface area contributed by atoms with Crippen molar-refractivity contribution < 1.29 is 22.9 Å². The van der Waals surface area contributed by atoms with Crippen molar-refractivity contribution in [2.24, 2.45) is 0 Å². The third-order valence-electron chi connectivity index (χ3n) is 3.95. The number of nitrogens with one attached hydrogen (secondary N) is 1. The van der Waals surface area contributed by atoms with Crippen molar-refractivity contribution in [3.05, 3.63) is 41.3 Å². The van der Waals surface area contributed by atoms with Crippen LogP contribution in [0.15, 0.2) is 28.7 Å². The molecule has 0 saturated carbocycles. The summed E-state index contributed by atoms with van der Waals surface area (Å²) >= 11 is 0. The predicted molar refractivity (Wildman–Crippen MR) is 108 cm³/mol. The Morgan fingerprint density at radius 3 is 2.43 bits per heavy atom. The van der Waals surface area contributed by atoms with Gasteiger partial charge in [0.2, 0.25) is 11.8 Å². The Bertz CT molecular complexity index is 782. The van der Waals surface area contributed by atoms with Crippen LogP contribution in [0.4, 0.5) is 0 Å². The lowest BCUT2D eigenvalue weighted by molar-refractivity contribution is -0.139. The lowest BCUT2D eigenvalue weighted by Crippen LogP contribution is -2.37. The summed E-state index contributed by atoms with van der Waals surface area (Å²) in [6, 6.07) is 7.83. The van der Waals surface area contributed by atoms with E-state index < -0.39 is 17.1 Å². The maximum absolute atomic E-state index is 12.4. The van der Waals surface area contributed by atoms with Gasteiger partial charge in [0.05, 0.1) is 18.0 Å². The van der Waals surface area contributed by atoms with Crippen LogP contribution in [-0.4, -0.2) is 46.9 Å². The Balaban J connectivity index is 1.88. The second-order valence-electron chi connectivity index (χ2n) is 6.26. The van der Waals surface area contributed by atoms with Gasteiger partial charge in [-0.05, 0) is 39.8 Å². The molecule has 1 atom stereocenters. The molecule has 1 N–H and O–H groups in total. The highest BCUT2D eigenvalue weighted by atomic mass is 32.2. The lowest BCUT2D eigenvalue weighted by Gasteiger charge is -2.17. The molecular weight excluding hydrogens is 380 g/mol. The molecule has 154 valence electrons. The number of nitrogens with zero attached hydrogens (tertiary/aromatic N) is 1. The highest BCUT2D eigenvalue weighted by Gasteiger charge is 2.17. The average Bonchev–Trinajstić information content (AvgIpc) is 3.01. The molecule has 1 aromatic heterocycles. The normalized spacial score (nSPS) is 12.3. The van der Waals surface area contributed by atoms with Crippen molar-refractivity contribution in [1.82, 2.24) is 10.3 Å². The van der Waals surface area contributed by atoms with Gasteiger partial charge in [0, 0.05) is 29.6 Å². The van der Waals surface area contributed by atoms with Crippen LogP contribution in [0, 0.1) is 13.8 Å². The summed E-state index contributed by atoms with van der Waals surface area (Å²) in [6.45, 7) is 8.70. The number of carbonyl (C=O) groups is 1. The van der Waals surface area contributed by atoms with E-state index in [0.29, 0.717) is 30.6 Å². The molecule has 0 aliphatic carbocycles. The first-order chi connectivity index (χ1) is 13.4. The Morgan fingerprint density at radius 2 is 1.82 bits per heavy atom. The second kappa shape index (κ2) is 11.1. The van der Waals surface area contributed by atoms with Crippen LogP contribution in [-0.2, 0) is 30.8 Å². The van der Waals surface area contributed by atoms with Crippen molar-refractivity contribution in [3.63, 3.8) is 0 Å². The molecule has 1 aromatic carbocycles. The molecule has 1 heterocycles. The highest BCUT2D eigenvalue weighted by molar-refractivity contribution is 7.84. The second-order valence-corrected chi connectivity index (χ2v) is 7.72. The molecule has 2 aromatic rings. The zero-order valence-corrected chi connectivity index (χ0v) is 17.6. The van der Waals surface area contributed by atoms with E-state index in [4.69, 9.17) is 13.9 Å². The average molecular weight is 409 g/mol. The smallest absolute Gasteiger partial charge is 0.232 e. The zero-order chi connectivity index (χ0) is 20.5. The largest absolute Gasteiger partial charge is 0.441 e. The molecule has 0 aliphatic heterocycles. The fraction of sp³-hybridized carbons (Fsp3) is 0.500. The molecule has 0 fully saturated rings. The van der Waals surface area contributed by atoms with Crippen molar-refractivity contribution in [2.45, 2.75) is 39.7 Å². The fourth-order valence-electron chi connectivity index (χ4n) is 2.52. The quantitative estimate of drug-likeness (QED) is 0.575. The summed E-state index contributed by atoms with van der Waals surface area (Å²) in [5, 5.41) is 2.69. The molecule has 1 amide bonds. The van der Waals surface area contributed by atoms with E-state index in [1.165, 1.54) is 0 Å². The molecule has 0 aliphatic rings. The number of hydrogen-bond donors (Lipinski definition) is 1. The molecule has 28 heavy (non-hydrogen) atoms. The van der Waals surface area contributed by atoms with Crippen LogP contribution >= 0.6 is 0 Å². The number of aryl methyl sites for hydroxylation is 2. The van der Waals surface area contributed by atoms with Gasteiger partial charge >= 0.3 is 0 Å². The van der Waals surface area contributed by atoms with Crippen LogP contribution < -0.4 is 5.32 Å². The maximum atomic E-state index is 12.4. The number of amides is 1. The van der Waals surface area contributed by atoms with Crippen LogP contribution in [0.2, 0.25) is 0 Å². The molecule has 7 nitrogen and oxygen atoms in total. The monoisotopic (exact) mass is 408 g/mol. The first-order valence-electron chi connectivity index (χ1n) is 9.31. The number of carbonyl (C=O) groups excluding carboxylic acids is 1. The summed E-state index contributed by atoms with van der Waals surface area (Å²) in [4.78, 5) is 16.5. The van der Waals surface area contributed by atoms with Gasteiger partial charge in [-0.25, -0.2) is 4.98 Å². The first kappa shape index (κ1) is 22.3. The third-order valence-corrected chi connectivity index (χ3v) is 5.13. The summed E-state index contributed by atoms with van der Waals surface area (Å²) in [5.74, 6) is 0.830. The number of benzene rings is 1. The Morgan fingerprint density at radius 1 is 1.18 bits per heavy atom. The van der Waals surface area contributed by atoms with E-state index in [2.05, 4.69) is 10.3 Å².